The average molecular weight is 294 g/mol. The first-order valence-corrected chi connectivity index (χ1v) is 6.36. The monoisotopic (exact) mass is 293 g/mol. The van der Waals surface area contributed by atoms with Crippen molar-refractivity contribution in [2.24, 2.45) is 0 Å². The largest absolute Gasteiger partial charge is 0.381 e. The third-order valence-corrected chi connectivity index (χ3v) is 3.69. The Bertz CT molecular complexity index is 547. The van der Waals surface area contributed by atoms with E-state index >= 15 is 0 Å². The van der Waals surface area contributed by atoms with Crippen LogP contribution < -0.4 is 5.73 Å². The molecule has 17 heavy (non-hydrogen) atoms. The lowest BCUT2D eigenvalue weighted by Crippen LogP contribution is -2.16. The van der Waals surface area contributed by atoms with Crippen LogP contribution in [0, 0.1) is 0 Å². The second-order valence-corrected chi connectivity index (χ2v) is 4.98. The van der Waals surface area contributed by atoms with E-state index in [1.165, 1.54) is 19.3 Å². The fourth-order valence-electron chi connectivity index (χ4n) is 1.84. The molecule has 1 aliphatic rings. The van der Waals surface area contributed by atoms with E-state index in [-0.39, 0.29) is 0 Å². The molecule has 6 heteroatoms. The van der Waals surface area contributed by atoms with E-state index < -0.39 is 0 Å². The standard InChI is InChI=1S/C11H12BrN5/c12-10-11(13)14-5-9(16-10)7-4-15-17(6-7)8-2-1-3-8/h4-6,8H,1-3H2,(H2,13,14). The summed E-state index contributed by atoms with van der Waals surface area (Å²) in [6, 6.07) is 0.564. The Morgan fingerprint density at radius 3 is 2.82 bits per heavy atom. The molecule has 0 unspecified atom stereocenters. The smallest absolute Gasteiger partial charge is 0.156 e. The highest BCUT2D eigenvalue weighted by molar-refractivity contribution is 9.10. The summed E-state index contributed by atoms with van der Waals surface area (Å²) < 4.78 is 2.59. The summed E-state index contributed by atoms with van der Waals surface area (Å²) in [6.07, 6.45) is 9.26. The highest BCUT2D eigenvalue weighted by atomic mass is 79.9. The highest BCUT2D eigenvalue weighted by Gasteiger charge is 2.20. The first-order chi connectivity index (χ1) is 8.24. The van der Waals surface area contributed by atoms with E-state index in [2.05, 4.69) is 31.0 Å². The molecule has 5 nitrogen and oxygen atoms in total. The van der Waals surface area contributed by atoms with E-state index in [4.69, 9.17) is 5.73 Å². The van der Waals surface area contributed by atoms with Gasteiger partial charge in [0, 0.05) is 11.8 Å². The van der Waals surface area contributed by atoms with Crippen molar-refractivity contribution in [1.29, 1.82) is 0 Å². The highest BCUT2D eigenvalue weighted by Crippen LogP contribution is 2.32. The van der Waals surface area contributed by atoms with Crippen LogP contribution in [0.5, 0.6) is 0 Å². The SMILES string of the molecule is Nc1ncc(-c2cnn(C3CCC3)c2)nc1Br. The molecular formula is C11H12BrN5. The summed E-state index contributed by atoms with van der Waals surface area (Å²) in [5, 5.41) is 4.37. The summed E-state index contributed by atoms with van der Waals surface area (Å²) in [5.74, 6) is 0.403. The summed E-state index contributed by atoms with van der Waals surface area (Å²) >= 11 is 3.28. The molecule has 0 aromatic carbocycles. The van der Waals surface area contributed by atoms with Crippen molar-refractivity contribution in [2.75, 3.05) is 5.73 Å². The molecule has 0 radical (unpaired) electrons. The van der Waals surface area contributed by atoms with Gasteiger partial charge in [-0.15, -0.1) is 0 Å². The predicted octanol–water partition coefficient (Wildman–Crippen LogP) is 2.41. The minimum Gasteiger partial charge on any atom is -0.381 e. The Hall–Kier alpha value is -1.43. The van der Waals surface area contributed by atoms with Crippen LogP contribution in [0.15, 0.2) is 23.2 Å². The molecule has 0 bridgehead atoms. The Balaban J connectivity index is 1.92. The first kappa shape index (κ1) is 10.7. The van der Waals surface area contributed by atoms with Gasteiger partial charge in [0.2, 0.25) is 0 Å². The molecule has 0 atom stereocenters. The van der Waals surface area contributed by atoms with Gasteiger partial charge in [-0.3, -0.25) is 4.68 Å². The summed E-state index contributed by atoms with van der Waals surface area (Å²) in [5.41, 5.74) is 7.38. The minimum atomic E-state index is 0.403. The van der Waals surface area contributed by atoms with Crippen molar-refractivity contribution in [3.63, 3.8) is 0 Å². The van der Waals surface area contributed by atoms with Crippen LogP contribution in [0.2, 0.25) is 0 Å². The van der Waals surface area contributed by atoms with Gasteiger partial charge < -0.3 is 5.73 Å². The quantitative estimate of drug-likeness (QED) is 0.923. The number of halogens is 1. The van der Waals surface area contributed by atoms with Gasteiger partial charge in [0.05, 0.1) is 24.1 Å². The molecule has 0 amide bonds. The fourth-order valence-corrected chi connectivity index (χ4v) is 2.13. The van der Waals surface area contributed by atoms with Crippen LogP contribution in [0.3, 0.4) is 0 Å². The third kappa shape index (κ3) is 1.93. The van der Waals surface area contributed by atoms with Crippen molar-refractivity contribution >= 4 is 21.7 Å². The second kappa shape index (κ2) is 4.10. The van der Waals surface area contributed by atoms with Gasteiger partial charge in [0.25, 0.3) is 0 Å². The summed E-state index contributed by atoms with van der Waals surface area (Å²) in [7, 11) is 0. The molecule has 2 N–H and O–H groups in total. The Labute approximate surface area is 107 Å². The van der Waals surface area contributed by atoms with Crippen LogP contribution in [-0.4, -0.2) is 19.7 Å². The normalized spacial score (nSPS) is 15.8. The maximum Gasteiger partial charge on any atom is 0.156 e. The van der Waals surface area contributed by atoms with E-state index in [1.807, 2.05) is 17.1 Å². The third-order valence-electron chi connectivity index (χ3n) is 3.10. The van der Waals surface area contributed by atoms with Crippen LogP contribution in [-0.2, 0) is 0 Å². The van der Waals surface area contributed by atoms with Gasteiger partial charge in [0.15, 0.2) is 5.82 Å². The van der Waals surface area contributed by atoms with Crippen molar-refractivity contribution in [3.8, 4) is 11.3 Å². The molecule has 1 fully saturated rings. The van der Waals surface area contributed by atoms with Gasteiger partial charge >= 0.3 is 0 Å². The maximum absolute atomic E-state index is 5.61. The number of nitrogen functional groups attached to an aromatic ring is 1. The number of hydrogen-bond donors (Lipinski definition) is 1. The molecular weight excluding hydrogens is 282 g/mol. The fraction of sp³-hybridized carbons (Fsp3) is 0.364. The zero-order valence-corrected chi connectivity index (χ0v) is 10.8. The van der Waals surface area contributed by atoms with Gasteiger partial charge in [0.1, 0.15) is 4.60 Å². The number of nitrogens with two attached hydrogens (primary N) is 1. The topological polar surface area (TPSA) is 69.6 Å². The van der Waals surface area contributed by atoms with E-state index in [0.717, 1.165) is 11.3 Å². The van der Waals surface area contributed by atoms with Gasteiger partial charge in [-0.05, 0) is 35.2 Å². The van der Waals surface area contributed by atoms with Crippen LogP contribution >= 0.6 is 15.9 Å². The molecule has 2 aromatic rings. The predicted molar refractivity (Wildman–Crippen MR) is 68.3 cm³/mol. The lowest BCUT2D eigenvalue weighted by molar-refractivity contribution is 0.289. The van der Waals surface area contributed by atoms with Crippen molar-refractivity contribution in [1.82, 2.24) is 19.7 Å². The lowest BCUT2D eigenvalue weighted by Gasteiger charge is -2.25. The number of anilines is 1. The molecule has 2 heterocycles. The number of rotatable bonds is 2. The molecule has 1 aliphatic carbocycles. The number of hydrogen-bond acceptors (Lipinski definition) is 4. The van der Waals surface area contributed by atoms with Gasteiger partial charge in [-0.1, -0.05) is 0 Å². The average Bonchev–Trinajstić information content (AvgIpc) is 2.69. The van der Waals surface area contributed by atoms with Crippen LogP contribution in [0.25, 0.3) is 11.3 Å². The molecule has 88 valence electrons. The van der Waals surface area contributed by atoms with Crippen molar-refractivity contribution < 1.29 is 0 Å². The molecule has 0 spiro atoms. The molecule has 0 saturated heterocycles. The summed E-state index contributed by atoms with van der Waals surface area (Å²) in [6.45, 7) is 0. The Morgan fingerprint density at radius 2 is 2.18 bits per heavy atom. The number of nitrogens with zero attached hydrogens (tertiary/aromatic N) is 4. The van der Waals surface area contributed by atoms with Crippen LogP contribution in [0.1, 0.15) is 25.3 Å². The molecule has 1 saturated carbocycles. The second-order valence-electron chi connectivity index (χ2n) is 4.23. The van der Waals surface area contributed by atoms with Crippen molar-refractivity contribution in [3.05, 3.63) is 23.2 Å². The van der Waals surface area contributed by atoms with E-state index in [1.54, 1.807) is 6.20 Å². The molecule has 3 rings (SSSR count). The zero-order chi connectivity index (χ0) is 11.8. The lowest BCUT2D eigenvalue weighted by atomic mass is 9.93. The molecule has 0 aliphatic heterocycles. The maximum atomic E-state index is 5.61. The van der Waals surface area contributed by atoms with Crippen LogP contribution in [0.4, 0.5) is 5.82 Å². The Kier molecular flexibility index (Phi) is 2.58. The zero-order valence-electron chi connectivity index (χ0n) is 9.17. The minimum absolute atomic E-state index is 0.403. The summed E-state index contributed by atoms with van der Waals surface area (Å²) in [4.78, 5) is 8.41. The van der Waals surface area contributed by atoms with Gasteiger partial charge in [-0.25, -0.2) is 9.97 Å². The van der Waals surface area contributed by atoms with Crippen molar-refractivity contribution in [2.45, 2.75) is 25.3 Å². The van der Waals surface area contributed by atoms with E-state index in [9.17, 15) is 0 Å². The van der Waals surface area contributed by atoms with E-state index in [0.29, 0.717) is 16.5 Å². The Morgan fingerprint density at radius 1 is 1.35 bits per heavy atom. The number of aromatic nitrogens is 4. The van der Waals surface area contributed by atoms with Gasteiger partial charge in [-0.2, -0.15) is 5.10 Å². The first-order valence-electron chi connectivity index (χ1n) is 5.56. The molecule has 2 aromatic heterocycles.